The van der Waals surface area contributed by atoms with Crippen LogP contribution in [0.1, 0.15) is 89.0 Å². The highest BCUT2D eigenvalue weighted by Crippen LogP contribution is 2.24. The number of hydrogen-bond donors (Lipinski definition) is 1. The lowest BCUT2D eigenvalue weighted by Crippen LogP contribution is -2.36. The van der Waals surface area contributed by atoms with E-state index < -0.39 is 8.07 Å². The quantitative estimate of drug-likeness (QED) is 0.320. The fourth-order valence-electron chi connectivity index (χ4n) is 3.39. The first-order chi connectivity index (χ1) is 12.4. The van der Waals surface area contributed by atoms with Gasteiger partial charge in [-0.25, -0.2) is 0 Å². The molecule has 3 nitrogen and oxygen atoms in total. The van der Waals surface area contributed by atoms with Crippen molar-refractivity contribution in [2.24, 2.45) is 0 Å². The van der Waals surface area contributed by atoms with Crippen molar-refractivity contribution in [1.29, 1.82) is 0 Å². The molecule has 0 aliphatic carbocycles. The van der Waals surface area contributed by atoms with Crippen molar-refractivity contribution in [2.45, 2.75) is 103 Å². The first-order valence-electron chi connectivity index (χ1n) is 10.7. The van der Waals surface area contributed by atoms with Crippen LogP contribution in [0.5, 0.6) is 0 Å². The Morgan fingerprint density at radius 2 is 1.54 bits per heavy atom. The fourth-order valence-corrected chi connectivity index (χ4v) is 4.40. The van der Waals surface area contributed by atoms with Crippen LogP contribution in [0, 0.1) is 0 Å². The summed E-state index contributed by atoms with van der Waals surface area (Å²) < 4.78 is 5.79. The minimum absolute atomic E-state index is 0.0668. The molecule has 0 radical (unpaired) electrons. The maximum absolute atomic E-state index is 12.3. The lowest BCUT2D eigenvalue weighted by Gasteiger charge is -2.14. The maximum Gasteiger partial charge on any atom is 0.227 e. The van der Waals surface area contributed by atoms with Gasteiger partial charge in [0.15, 0.2) is 0 Å². The summed E-state index contributed by atoms with van der Waals surface area (Å²) in [6.45, 7) is 9.08. The molecular formula is C22H41NO2Si. The molecule has 1 amide bonds. The number of unbranched alkanes of at least 4 members (excludes halogenated alkanes) is 9. The van der Waals surface area contributed by atoms with Crippen LogP contribution in [0.25, 0.3) is 0 Å². The average Bonchev–Trinajstić information content (AvgIpc) is 3.09. The molecule has 1 atom stereocenters. The predicted octanol–water partition coefficient (Wildman–Crippen LogP) is 5.97. The highest BCUT2D eigenvalue weighted by Gasteiger charge is 2.26. The second-order valence-corrected chi connectivity index (χ2v) is 13.6. The molecule has 1 unspecified atom stereocenters. The smallest absolute Gasteiger partial charge is 0.227 e. The van der Waals surface area contributed by atoms with Crippen LogP contribution in [-0.4, -0.2) is 21.0 Å². The SMILES string of the molecule is CCCCCCCCCCCCC(C(=O)NC)c1coc([Si](C)(C)C)c1. The molecule has 1 aromatic heterocycles. The number of carbonyl (C=O) groups is 1. The Labute approximate surface area is 162 Å². The van der Waals surface area contributed by atoms with Crippen LogP contribution in [0.2, 0.25) is 19.6 Å². The topological polar surface area (TPSA) is 42.2 Å². The van der Waals surface area contributed by atoms with E-state index in [1.807, 2.05) is 6.26 Å². The molecule has 1 heterocycles. The van der Waals surface area contributed by atoms with Crippen molar-refractivity contribution >= 4 is 19.4 Å². The lowest BCUT2D eigenvalue weighted by molar-refractivity contribution is -0.122. The zero-order chi connectivity index (χ0) is 19.4. The van der Waals surface area contributed by atoms with E-state index in [0.717, 1.165) is 23.8 Å². The van der Waals surface area contributed by atoms with Crippen molar-refractivity contribution in [3.05, 3.63) is 17.9 Å². The summed E-state index contributed by atoms with van der Waals surface area (Å²) in [5, 5.41) is 3.92. The van der Waals surface area contributed by atoms with E-state index in [9.17, 15) is 4.79 Å². The summed E-state index contributed by atoms with van der Waals surface area (Å²) >= 11 is 0. The third-order valence-corrected chi connectivity index (χ3v) is 6.91. The molecule has 150 valence electrons. The number of amides is 1. The van der Waals surface area contributed by atoms with Crippen molar-refractivity contribution in [1.82, 2.24) is 5.32 Å². The van der Waals surface area contributed by atoms with E-state index >= 15 is 0 Å². The fraction of sp³-hybridized carbons (Fsp3) is 0.773. The Bertz CT molecular complexity index is 504. The zero-order valence-corrected chi connectivity index (χ0v) is 18.8. The molecule has 1 aromatic rings. The lowest BCUT2D eigenvalue weighted by atomic mass is 9.94. The molecule has 0 aliphatic heterocycles. The number of nitrogens with one attached hydrogen (secondary N) is 1. The Morgan fingerprint density at radius 1 is 1.00 bits per heavy atom. The van der Waals surface area contributed by atoms with Gasteiger partial charge in [-0.3, -0.25) is 4.79 Å². The molecule has 4 heteroatoms. The Balaban J connectivity index is 2.33. The van der Waals surface area contributed by atoms with E-state index in [0.29, 0.717) is 0 Å². The van der Waals surface area contributed by atoms with Gasteiger partial charge in [-0.15, -0.1) is 0 Å². The summed E-state index contributed by atoms with van der Waals surface area (Å²) in [6, 6.07) is 2.13. The molecule has 26 heavy (non-hydrogen) atoms. The van der Waals surface area contributed by atoms with Gasteiger partial charge in [0.05, 0.1) is 17.6 Å². The number of rotatable bonds is 14. The third-order valence-electron chi connectivity index (χ3n) is 5.17. The van der Waals surface area contributed by atoms with Gasteiger partial charge in [-0.1, -0.05) is 90.8 Å². The van der Waals surface area contributed by atoms with Gasteiger partial charge in [0.2, 0.25) is 5.91 Å². The predicted molar refractivity (Wildman–Crippen MR) is 115 cm³/mol. The summed E-state index contributed by atoms with van der Waals surface area (Å²) in [5.41, 5.74) is 1.05. The minimum atomic E-state index is -1.47. The van der Waals surface area contributed by atoms with Crippen molar-refractivity contribution < 1.29 is 9.21 Å². The van der Waals surface area contributed by atoms with Crippen LogP contribution in [0.3, 0.4) is 0 Å². The normalized spacial score (nSPS) is 13.0. The molecule has 0 spiro atoms. The van der Waals surface area contributed by atoms with Crippen LogP contribution in [-0.2, 0) is 4.79 Å². The van der Waals surface area contributed by atoms with Crippen molar-refractivity contribution in [3.8, 4) is 0 Å². The van der Waals surface area contributed by atoms with Crippen molar-refractivity contribution in [2.75, 3.05) is 7.05 Å². The standard InChI is InChI=1S/C22H41NO2Si/c1-6-7-8-9-10-11-12-13-14-15-16-20(22(24)23-2)19-17-21(25-18-19)26(3,4)5/h17-18,20H,6-16H2,1-5H3,(H,23,24). The van der Waals surface area contributed by atoms with E-state index in [1.165, 1.54) is 57.8 Å². The molecule has 0 aliphatic rings. The first kappa shape index (κ1) is 23.0. The van der Waals surface area contributed by atoms with Gasteiger partial charge in [0, 0.05) is 12.6 Å². The largest absolute Gasteiger partial charge is 0.474 e. The molecule has 1 rings (SSSR count). The van der Waals surface area contributed by atoms with Gasteiger partial charge in [-0.2, -0.15) is 0 Å². The van der Waals surface area contributed by atoms with Gasteiger partial charge in [0.25, 0.3) is 0 Å². The van der Waals surface area contributed by atoms with Gasteiger partial charge in [-0.05, 0) is 12.5 Å². The second-order valence-electron chi connectivity index (χ2n) is 8.63. The van der Waals surface area contributed by atoms with Gasteiger partial charge < -0.3 is 9.73 Å². The van der Waals surface area contributed by atoms with Crippen LogP contribution < -0.4 is 10.7 Å². The summed E-state index contributed by atoms with van der Waals surface area (Å²) in [4.78, 5) is 12.3. The molecule has 0 fully saturated rings. The molecule has 0 saturated heterocycles. The van der Waals surface area contributed by atoms with E-state index in [4.69, 9.17) is 4.42 Å². The van der Waals surface area contributed by atoms with Crippen LogP contribution >= 0.6 is 0 Å². The van der Waals surface area contributed by atoms with E-state index in [-0.39, 0.29) is 11.8 Å². The zero-order valence-electron chi connectivity index (χ0n) is 17.8. The minimum Gasteiger partial charge on any atom is -0.474 e. The molecular weight excluding hydrogens is 338 g/mol. The molecule has 0 bridgehead atoms. The summed E-state index contributed by atoms with van der Waals surface area (Å²) in [6.07, 6.45) is 15.9. The van der Waals surface area contributed by atoms with E-state index in [2.05, 4.69) is 37.9 Å². The average molecular weight is 380 g/mol. The number of hydrogen-bond acceptors (Lipinski definition) is 2. The van der Waals surface area contributed by atoms with Crippen LogP contribution in [0.4, 0.5) is 0 Å². The highest BCUT2D eigenvalue weighted by atomic mass is 28.3. The Hall–Kier alpha value is -1.03. The first-order valence-corrected chi connectivity index (χ1v) is 14.2. The number of furan rings is 1. The number of likely N-dealkylation sites (N-methyl/N-ethyl adjacent to an activating group) is 1. The third kappa shape index (κ3) is 8.57. The van der Waals surface area contributed by atoms with E-state index in [1.54, 1.807) is 7.05 Å². The second kappa shape index (κ2) is 12.4. The molecule has 0 aromatic carbocycles. The summed E-state index contributed by atoms with van der Waals surface area (Å²) in [7, 11) is 0.262. The van der Waals surface area contributed by atoms with Gasteiger partial charge in [0.1, 0.15) is 8.07 Å². The summed E-state index contributed by atoms with van der Waals surface area (Å²) in [5.74, 6) is 0.0479. The Morgan fingerprint density at radius 3 is 2.00 bits per heavy atom. The molecule has 1 N–H and O–H groups in total. The van der Waals surface area contributed by atoms with Crippen molar-refractivity contribution in [3.63, 3.8) is 0 Å². The maximum atomic E-state index is 12.3. The monoisotopic (exact) mass is 379 g/mol. The Kier molecular flexibility index (Phi) is 10.9. The van der Waals surface area contributed by atoms with Crippen LogP contribution in [0.15, 0.2) is 16.7 Å². The molecule has 0 saturated carbocycles. The van der Waals surface area contributed by atoms with Gasteiger partial charge >= 0.3 is 0 Å². The highest BCUT2D eigenvalue weighted by molar-refractivity contribution is 6.87. The number of carbonyl (C=O) groups excluding carboxylic acids is 1.